The molecule has 0 unspecified atom stereocenters. The molecule has 0 spiro atoms. The van der Waals surface area contributed by atoms with E-state index in [9.17, 15) is 0 Å². The molecule has 0 amide bonds. The van der Waals surface area contributed by atoms with E-state index in [1.165, 1.54) is 0 Å². The normalized spacial score (nSPS) is 8.33. The summed E-state index contributed by atoms with van der Waals surface area (Å²) in [6.45, 7) is 0. The van der Waals surface area contributed by atoms with E-state index in [-0.39, 0.29) is 0 Å². The summed E-state index contributed by atoms with van der Waals surface area (Å²) in [5.74, 6) is 0. The van der Waals surface area contributed by atoms with Crippen molar-refractivity contribution in [1.82, 2.24) is 4.98 Å². The summed E-state index contributed by atoms with van der Waals surface area (Å²) >= 11 is 0. The van der Waals surface area contributed by atoms with E-state index in [2.05, 4.69) is 4.98 Å². The summed E-state index contributed by atoms with van der Waals surface area (Å²) in [5.41, 5.74) is 0.740. The lowest BCUT2D eigenvalue weighted by Crippen LogP contribution is -2.07. The Hall–Kier alpha value is -1.30. The maximum atomic E-state index is 8.29. The zero-order valence-electron chi connectivity index (χ0n) is 4.70. The molecule has 0 aromatic carbocycles. The molecule has 0 bridgehead atoms. The largest absolute Gasteiger partial charge is 0.254 e. The summed E-state index contributed by atoms with van der Waals surface area (Å²) in [7, 11) is 5.27. The van der Waals surface area contributed by atoms with Gasteiger partial charge in [0, 0.05) is 0 Å². The molecule has 0 N–H and O–H groups in total. The Morgan fingerprint density at radius 2 is 2.33 bits per heavy atom. The van der Waals surface area contributed by atoms with Crippen molar-refractivity contribution in [2.75, 3.05) is 0 Å². The molecule has 40 valence electrons. The topological polar surface area (TPSA) is 36.7 Å². The van der Waals surface area contributed by atoms with Crippen molar-refractivity contribution in [3.8, 4) is 6.07 Å². The van der Waals surface area contributed by atoms with Gasteiger partial charge in [0.2, 0.25) is 0 Å². The minimum Gasteiger partial charge on any atom is -0.254 e. The van der Waals surface area contributed by atoms with Crippen molar-refractivity contribution in [2.24, 2.45) is 0 Å². The first-order valence-corrected chi connectivity index (χ1v) is 2.45. The lowest BCUT2D eigenvalue weighted by molar-refractivity contribution is 1.31. The van der Waals surface area contributed by atoms with Gasteiger partial charge in [-0.2, -0.15) is 5.26 Å². The number of aromatic nitrogens is 1. The molecule has 2 radical (unpaired) electrons. The van der Waals surface area contributed by atoms with Gasteiger partial charge in [-0.25, -0.2) is 0 Å². The quantitative estimate of drug-likeness (QED) is 0.436. The van der Waals surface area contributed by atoms with Crippen LogP contribution in [0.15, 0.2) is 18.2 Å². The van der Waals surface area contributed by atoms with Gasteiger partial charge in [0.1, 0.15) is 19.6 Å². The molecule has 0 fully saturated rings. The van der Waals surface area contributed by atoms with E-state index >= 15 is 0 Å². The lowest BCUT2D eigenvalue weighted by atomic mass is 10.0. The summed E-state index contributed by atoms with van der Waals surface area (Å²) in [6.07, 6.45) is 0. The second kappa shape index (κ2) is 2.32. The van der Waals surface area contributed by atoms with E-state index in [1.54, 1.807) is 18.2 Å². The summed E-state index contributed by atoms with van der Waals surface area (Å²) in [5, 5.41) is 8.29. The fraction of sp³-hybridized carbons (Fsp3) is 0. The molecule has 9 heavy (non-hydrogen) atoms. The molecule has 1 aromatic rings. The first-order chi connectivity index (χ1) is 4.33. The fourth-order valence-electron chi connectivity index (χ4n) is 0.514. The van der Waals surface area contributed by atoms with Gasteiger partial charge in [0.05, 0.1) is 0 Å². The average molecular weight is 114 g/mol. The van der Waals surface area contributed by atoms with Gasteiger partial charge in [0.15, 0.2) is 0 Å². The molecular formula is C6H3BN2. The fourth-order valence-corrected chi connectivity index (χ4v) is 0.514. The zero-order valence-corrected chi connectivity index (χ0v) is 4.70. The third-order valence-electron chi connectivity index (χ3n) is 0.885. The first-order valence-electron chi connectivity index (χ1n) is 2.45. The van der Waals surface area contributed by atoms with E-state index < -0.39 is 0 Å². The van der Waals surface area contributed by atoms with Crippen LogP contribution < -0.4 is 5.59 Å². The lowest BCUT2D eigenvalue weighted by Gasteiger charge is -1.88. The number of pyridine rings is 1. The molecule has 0 saturated heterocycles. The van der Waals surface area contributed by atoms with Crippen LogP contribution in [0.5, 0.6) is 0 Å². The third kappa shape index (κ3) is 1.30. The molecule has 0 aliphatic carbocycles. The van der Waals surface area contributed by atoms with Crippen LogP contribution in [0.2, 0.25) is 0 Å². The highest BCUT2D eigenvalue weighted by Crippen LogP contribution is 1.85. The Kier molecular flexibility index (Phi) is 1.50. The van der Waals surface area contributed by atoms with Gasteiger partial charge in [-0.15, -0.1) is 0 Å². The predicted molar refractivity (Wildman–Crippen MR) is 34.3 cm³/mol. The van der Waals surface area contributed by atoms with E-state index in [1.807, 2.05) is 6.07 Å². The van der Waals surface area contributed by atoms with Gasteiger partial charge in [-0.05, 0) is 11.7 Å². The van der Waals surface area contributed by atoms with Crippen LogP contribution in [-0.2, 0) is 0 Å². The molecule has 1 rings (SSSR count). The van der Waals surface area contributed by atoms with Crippen LogP contribution >= 0.6 is 0 Å². The van der Waals surface area contributed by atoms with Gasteiger partial charge in [-0.3, -0.25) is 4.98 Å². The van der Waals surface area contributed by atoms with Crippen molar-refractivity contribution in [1.29, 1.82) is 5.26 Å². The Morgan fingerprint density at radius 3 is 2.78 bits per heavy atom. The second-order valence-electron chi connectivity index (χ2n) is 1.56. The van der Waals surface area contributed by atoms with Crippen LogP contribution in [-0.4, -0.2) is 12.8 Å². The van der Waals surface area contributed by atoms with Crippen molar-refractivity contribution in [3.63, 3.8) is 0 Å². The monoisotopic (exact) mass is 114 g/mol. The first kappa shape index (κ1) is 5.83. The number of hydrogen-bond acceptors (Lipinski definition) is 2. The molecule has 0 saturated carbocycles. The highest BCUT2D eigenvalue weighted by molar-refractivity contribution is 6.30. The Labute approximate surface area is 54.6 Å². The van der Waals surface area contributed by atoms with Crippen molar-refractivity contribution >= 4 is 13.4 Å². The van der Waals surface area contributed by atoms with Crippen molar-refractivity contribution < 1.29 is 0 Å². The number of hydrogen-bond donors (Lipinski definition) is 0. The molecule has 0 atom stereocenters. The summed E-state index contributed by atoms with van der Waals surface area (Å²) < 4.78 is 0. The highest BCUT2D eigenvalue weighted by Gasteiger charge is 1.87. The van der Waals surface area contributed by atoms with Gasteiger partial charge in [-0.1, -0.05) is 12.1 Å². The standard InChI is InChI=1S/C6H3BN2/c7-6-3-1-2-5(4-8)9-6/h1-3H. The smallest absolute Gasteiger partial charge is 0.141 e. The molecule has 2 nitrogen and oxygen atoms in total. The molecule has 1 aromatic heterocycles. The minimum absolute atomic E-state index is 0.356. The molecule has 1 heterocycles. The van der Waals surface area contributed by atoms with Crippen LogP contribution in [0.3, 0.4) is 0 Å². The Balaban J connectivity index is 3.12. The molecule has 0 aliphatic heterocycles. The maximum Gasteiger partial charge on any atom is 0.141 e. The summed E-state index contributed by atoms with van der Waals surface area (Å²) in [4.78, 5) is 3.71. The maximum absolute atomic E-state index is 8.29. The predicted octanol–water partition coefficient (Wildman–Crippen LogP) is -0.253. The second-order valence-corrected chi connectivity index (χ2v) is 1.56. The SMILES string of the molecule is [B]c1cccc(C#N)n1. The molecule has 3 heteroatoms. The Bertz CT molecular complexity index is 251. The Morgan fingerprint density at radius 1 is 1.56 bits per heavy atom. The number of nitriles is 1. The molecule has 0 aliphatic rings. The van der Waals surface area contributed by atoms with E-state index in [4.69, 9.17) is 13.1 Å². The highest BCUT2D eigenvalue weighted by atomic mass is 14.7. The van der Waals surface area contributed by atoms with Crippen molar-refractivity contribution in [2.45, 2.75) is 0 Å². The van der Waals surface area contributed by atoms with Gasteiger partial charge >= 0.3 is 0 Å². The van der Waals surface area contributed by atoms with Gasteiger partial charge < -0.3 is 0 Å². The number of rotatable bonds is 0. The van der Waals surface area contributed by atoms with Crippen LogP contribution in [0.4, 0.5) is 0 Å². The van der Waals surface area contributed by atoms with Crippen LogP contribution in [0.1, 0.15) is 5.69 Å². The zero-order chi connectivity index (χ0) is 6.69. The van der Waals surface area contributed by atoms with Crippen LogP contribution in [0.25, 0.3) is 0 Å². The average Bonchev–Trinajstić information content (AvgIpc) is 1.88. The van der Waals surface area contributed by atoms with Crippen molar-refractivity contribution in [3.05, 3.63) is 23.9 Å². The number of nitrogens with zero attached hydrogens (tertiary/aromatic N) is 2. The molecular weight excluding hydrogens is 111 g/mol. The summed E-state index contributed by atoms with van der Waals surface area (Å²) in [6, 6.07) is 6.82. The van der Waals surface area contributed by atoms with E-state index in [0.29, 0.717) is 11.3 Å². The minimum atomic E-state index is 0.356. The van der Waals surface area contributed by atoms with Gasteiger partial charge in [0.25, 0.3) is 0 Å². The van der Waals surface area contributed by atoms with E-state index in [0.717, 1.165) is 0 Å². The van der Waals surface area contributed by atoms with Crippen LogP contribution in [0, 0.1) is 11.3 Å². The third-order valence-corrected chi connectivity index (χ3v) is 0.885.